The summed E-state index contributed by atoms with van der Waals surface area (Å²) in [6.07, 6.45) is -4.40. The van der Waals surface area contributed by atoms with Gasteiger partial charge in [-0.3, -0.25) is 9.69 Å². The van der Waals surface area contributed by atoms with Crippen molar-refractivity contribution in [2.45, 2.75) is 19.1 Å². The average molecular weight is 471 g/mol. The topological polar surface area (TPSA) is 57.3 Å². The number of aromatic nitrogens is 1. The second-order valence-electron chi connectivity index (χ2n) is 6.46. The van der Waals surface area contributed by atoms with Gasteiger partial charge in [0.1, 0.15) is 16.7 Å². The zero-order valence-corrected chi connectivity index (χ0v) is 18.1. The molecule has 1 aliphatic rings. The minimum atomic E-state index is -4.40. The monoisotopic (exact) mass is 470 g/mol. The Kier molecular flexibility index (Phi) is 9.84. The van der Waals surface area contributed by atoms with Gasteiger partial charge in [-0.05, 0) is 6.92 Å². The van der Waals surface area contributed by atoms with Crippen molar-refractivity contribution in [3.63, 3.8) is 0 Å². The molecule has 1 amide bonds. The van der Waals surface area contributed by atoms with Gasteiger partial charge < -0.3 is 10.6 Å². The zero-order valence-electron chi connectivity index (χ0n) is 15.7. The number of rotatable bonds is 5. The molecule has 2 heterocycles. The number of carbonyl (C=O) groups excluding carboxylic acids is 1. The number of piperazine rings is 1. The molecular formula is C18H23Cl2F3N4OS. The quantitative estimate of drug-likeness (QED) is 0.701. The standard InChI is InChI=1S/C18H21F3N4OS.2ClH/c1-12-2-4-13(5-3-12)17-24-14(11-27-17)16(26)23-10-15(18(19,20)21)25-8-6-22-7-9-25;;/h2-5,11,15,22H,6-10H2,1H3,(H,23,26);2*1H. The number of hydrogen-bond acceptors (Lipinski definition) is 5. The minimum Gasteiger partial charge on any atom is -0.349 e. The molecule has 0 saturated carbocycles. The largest absolute Gasteiger partial charge is 0.405 e. The number of hydrogen-bond donors (Lipinski definition) is 2. The molecule has 1 aromatic heterocycles. The smallest absolute Gasteiger partial charge is 0.349 e. The molecular weight excluding hydrogens is 448 g/mol. The van der Waals surface area contributed by atoms with Crippen LogP contribution in [0.5, 0.6) is 0 Å². The number of amides is 1. The minimum absolute atomic E-state index is 0. The molecule has 2 N–H and O–H groups in total. The van der Waals surface area contributed by atoms with Gasteiger partial charge in [-0.1, -0.05) is 29.8 Å². The summed E-state index contributed by atoms with van der Waals surface area (Å²) in [5, 5.41) is 7.66. The first-order chi connectivity index (χ1) is 12.8. The molecule has 1 fully saturated rings. The number of nitrogens with one attached hydrogen (secondary N) is 2. The fourth-order valence-corrected chi connectivity index (χ4v) is 3.74. The number of halogens is 5. The van der Waals surface area contributed by atoms with Crippen molar-refractivity contribution in [2.75, 3.05) is 32.7 Å². The molecule has 1 aliphatic heterocycles. The Labute approximate surface area is 183 Å². The van der Waals surface area contributed by atoms with Crippen molar-refractivity contribution in [1.29, 1.82) is 0 Å². The molecule has 0 bridgehead atoms. The summed E-state index contributed by atoms with van der Waals surface area (Å²) in [6.45, 7) is 3.10. The van der Waals surface area contributed by atoms with Crippen LogP contribution in [0.2, 0.25) is 0 Å². The second-order valence-corrected chi connectivity index (χ2v) is 7.32. The first-order valence-electron chi connectivity index (χ1n) is 8.67. The molecule has 1 saturated heterocycles. The number of alkyl halides is 3. The lowest BCUT2D eigenvalue weighted by molar-refractivity contribution is -0.183. The normalized spacial score (nSPS) is 15.7. The highest BCUT2D eigenvalue weighted by atomic mass is 35.5. The fourth-order valence-electron chi connectivity index (χ4n) is 2.93. The van der Waals surface area contributed by atoms with E-state index in [1.165, 1.54) is 16.2 Å². The summed E-state index contributed by atoms with van der Waals surface area (Å²) in [4.78, 5) is 17.9. The van der Waals surface area contributed by atoms with Gasteiger partial charge >= 0.3 is 6.18 Å². The summed E-state index contributed by atoms with van der Waals surface area (Å²) in [5.74, 6) is -0.589. The van der Waals surface area contributed by atoms with Crippen molar-refractivity contribution in [3.05, 3.63) is 40.9 Å². The highest BCUT2D eigenvalue weighted by Gasteiger charge is 2.43. The van der Waals surface area contributed by atoms with Crippen LogP contribution in [-0.2, 0) is 0 Å². The summed E-state index contributed by atoms with van der Waals surface area (Å²) < 4.78 is 40.2. The van der Waals surface area contributed by atoms with E-state index < -0.39 is 24.7 Å². The predicted molar refractivity (Wildman–Crippen MR) is 113 cm³/mol. The Balaban J connectivity index is 0.00000210. The molecule has 0 aliphatic carbocycles. The van der Waals surface area contributed by atoms with Crippen LogP contribution in [0, 0.1) is 6.92 Å². The molecule has 5 nitrogen and oxygen atoms in total. The van der Waals surface area contributed by atoms with Gasteiger partial charge in [0.15, 0.2) is 0 Å². The van der Waals surface area contributed by atoms with Crippen molar-refractivity contribution in [2.24, 2.45) is 0 Å². The van der Waals surface area contributed by atoms with Crippen molar-refractivity contribution in [3.8, 4) is 10.6 Å². The van der Waals surface area contributed by atoms with Gasteiger partial charge in [0, 0.05) is 43.7 Å². The molecule has 3 rings (SSSR count). The summed E-state index contributed by atoms with van der Waals surface area (Å²) in [7, 11) is 0. The lowest BCUT2D eigenvalue weighted by Crippen LogP contribution is -2.57. The summed E-state index contributed by atoms with van der Waals surface area (Å²) >= 11 is 1.29. The maximum atomic E-state index is 13.4. The predicted octanol–water partition coefficient (Wildman–Crippen LogP) is 3.53. The molecule has 0 radical (unpaired) electrons. The highest BCUT2D eigenvalue weighted by molar-refractivity contribution is 7.13. The van der Waals surface area contributed by atoms with E-state index in [2.05, 4.69) is 15.6 Å². The van der Waals surface area contributed by atoms with Gasteiger partial charge in [-0.2, -0.15) is 13.2 Å². The lowest BCUT2D eigenvalue weighted by Gasteiger charge is -2.35. The number of thiazole rings is 1. The van der Waals surface area contributed by atoms with E-state index in [-0.39, 0.29) is 30.5 Å². The maximum Gasteiger partial charge on any atom is 0.405 e. The van der Waals surface area contributed by atoms with Crippen LogP contribution < -0.4 is 10.6 Å². The molecule has 1 unspecified atom stereocenters. The first-order valence-corrected chi connectivity index (χ1v) is 9.55. The van der Waals surface area contributed by atoms with Crippen LogP contribution in [0.15, 0.2) is 29.6 Å². The maximum absolute atomic E-state index is 13.4. The summed E-state index contributed by atoms with van der Waals surface area (Å²) in [5.41, 5.74) is 2.12. The molecule has 11 heteroatoms. The van der Waals surface area contributed by atoms with E-state index in [4.69, 9.17) is 0 Å². The van der Waals surface area contributed by atoms with E-state index in [1.54, 1.807) is 5.38 Å². The molecule has 1 atom stereocenters. The molecule has 0 spiro atoms. The van der Waals surface area contributed by atoms with Crippen LogP contribution in [0.4, 0.5) is 13.2 Å². The van der Waals surface area contributed by atoms with Gasteiger partial charge in [0.25, 0.3) is 5.91 Å². The molecule has 29 heavy (non-hydrogen) atoms. The van der Waals surface area contributed by atoms with Gasteiger partial charge in [0.2, 0.25) is 0 Å². The zero-order chi connectivity index (χ0) is 19.4. The third-order valence-electron chi connectivity index (χ3n) is 4.46. The van der Waals surface area contributed by atoms with Crippen molar-refractivity contribution < 1.29 is 18.0 Å². The fraction of sp³-hybridized carbons (Fsp3) is 0.444. The lowest BCUT2D eigenvalue weighted by atomic mass is 10.2. The Hall–Kier alpha value is -1.39. The van der Waals surface area contributed by atoms with Gasteiger partial charge in [0.05, 0.1) is 0 Å². The Morgan fingerprint density at radius 3 is 2.45 bits per heavy atom. The first kappa shape index (κ1) is 25.6. The number of aryl methyl sites for hydroxylation is 1. The third-order valence-corrected chi connectivity index (χ3v) is 5.35. The van der Waals surface area contributed by atoms with Crippen LogP contribution in [0.1, 0.15) is 16.1 Å². The SMILES string of the molecule is Cc1ccc(-c2nc(C(=O)NCC(N3CCNCC3)C(F)(F)F)cs2)cc1.Cl.Cl. The van der Waals surface area contributed by atoms with E-state index in [1.807, 2.05) is 31.2 Å². The van der Waals surface area contributed by atoms with E-state index in [0.717, 1.165) is 11.1 Å². The highest BCUT2D eigenvalue weighted by Crippen LogP contribution is 2.26. The van der Waals surface area contributed by atoms with E-state index in [0.29, 0.717) is 31.2 Å². The second kappa shape index (κ2) is 11.1. The Morgan fingerprint density at radius 2 is 1.86 bits per heavy atom. The average Bonchev–Trinajstić information content (AvgIpc) is 3.12. The Bertz CT molecular complexity index is 780. The number of nitrogens with zero attached hydrogens (tertiary/aromatic N) is 2. The van der Waals surface area contributed by atoms with Gasteiger partial charge in [-0.15, -0.1) is 36.2 Å². The van der Waals surface area contributed by atoms with Gasteiger partial charge in [-0.25, -0.2) is 4.98 Å². The summed E-state index contributed by atoms with van der Waals surface area (Å²) in [6, 6.07) is 5.99. The van der Waals surface area contributed by atoms with Crippen LogP contribution in [0.25, 0.3) is 10.6 Å². The van der Waals surface area contributed by atoms with Crippen molar-refractivity contribution in [1.82, 2.24) is 20.5 Å². The van der Waals surface area contributed by atoms with E-state index in [9.17, 15) is 18.0 Å². The van der Waals surface area contributed by atoms with Crippen LogP contribution in [-0.4, -0.2) is 60.7 Å². The number of benzene rings is 1. The molecule has 2 aromatic rings. The van der Waals surface area contributed by atoms with Crippen LogP contribution >= 0.6 is 36.2 Å². The Morgan fingerprint density at radius 1 is 1.24 bits per heavy atom. The molecule has 1 aromatic carbocycles. The van der Waals surface area contributed by atoms with E-state index >= 15 is 0 Å². The third kappa shape index (κ3) is 6.82. The molecule has 162 valence electrons. The van der Waals surface area contributed by atoms with Crippen LogP contribution in [0.3, 0.4) is 0 Å². The number of carbonyl (C=O) groups is 1. The van der Waals surface area contributed by atoms with Crippen molar-refractivity contribution >= 4 is 42.1 Å².